The normalized spacial score (nSPS) is 32.2. The highest BCUT2D eigenvalue weighted by Gasteiger charge is 2.26. The Kier molecular flexibility index (Phi) is 2.29. The molecule has 0 heterocycles. The molecule has 3 atom stereocenters. The Hall–Kier alpha value is -0.830. The van der Waals surface area contributed by atoms with Gasteiger partial charge in [-0.15, -0.1) is 0 Å². The Morgan fingerprint density at radius 3 is 2.64 bits per heavy atom. The summed E-state index contributed by atoms with van der Waals surface area (Å²) in [6.07, 6.45) is 3.54. The van der Waals surface area contributed by atoms with Gasteiger partial charge in [0, 0.05) is 0 Å². The number of carboxylic acid groups (broad SMARTS) is 1. The van der Waals surface area contributed by atoms with E-state index < -0.39 is 12.1 Å². The lowest BCUT2D eigenvalue weighted by molar-refractivity contribution is -0.142. The molecule has 0 bridgehead atoms. The van der Waals surface area contributed by atoms with E-state index in [4.69, 9.17) is 10.2 Å². The lowest BCUT2D eigenvalue weighted by Gasteiger charge is -2.12. The maximum Gasteiger partial charge on any atom is 0.306 e. The zero-order chi connectivity index (χ0) is 8.43. The predicted octanol–water partition coefficient (Wildman–Crippen LogP) is 0.644. The summed E-state index contributed by atoms with van der Waals surface area (Å²) in [6.45, 7) is 1.66. The Balaban J connectivity index is 2.51. The molecule has 0 amide bonds. The Bertz CT molecular complexity index is 186. The van der Waals surface area contributed by atoms with Crippen molar-refractivity contribution in [2.75, 3.05) is 0 Å². The molecule has 62 valence electrons. The number of aliphatic carboxylic acids is 1. The van der Waals surface area contributed by atoms with E-state index in [1.807, 2.05) is 0 Å². The van der Waals surface area contributed by atoms with Crippen molar-refractivity contribution in [1.29, 1.82) is 0 Å². The van der Waals surface area contributed by atoms with E-state index in [9.17, 15) is 4.79 Å². The van der Waals surface area contributed by atoms with E-state index in [1.54, 1.807) is 19.1 Å². The predicted molar refractivity (Wildman–Crippen MR) is 40.1 cm³/mol. The van der Waals surface area contributed by atoms with Crippen molar-refractivity contribution in [2.24, 2.45) is 11.8 Å². The first-order valence-corrected chi connectivity index (χ1v) is 3.70. The highest BCUT2D eigenvalue weighted by Crippen LogP contribution is 2.25. The van der Waals surface area contributed by atoms with Gasteiger partial charge in [-0.3, -0.25) is 4.79 Å². The van der Waals surface area contributed by atoms with Crippen LogP contribution in [0.2, 0.25) is 0 Å². The van der Waals surface area contributed by atoms with E-state index in [-0.39, 0.29) is 11.8 Å². The molecular formula is C8H12O3. The molecule has 0 fully saturated rings. The molecule has 1 unspecified atom stereocenters. The lowest BCUT2D eigenvalue weighted by atomic mass is 9.93. The van der Waals surface area contributed by atoms with E-state index in [2.05, 4.69) is 0 Å². The highest BCUT2D eigenvalue weighted by atomic mass is 16.4. The molecule has 0 saturated carbocycles. The summed E-state index contributed by atoms with van der Waals surface area (Å²) in [5, 5.41) is 17.7. The lowest BCUT2D eigenvalue weighted by Crippen LogP contribution is -2.19. The van der Waals surface area contributed by atoms with Crippen LogP contribution in [0.5, 0.6) is 0 Å². The molecule has 3 nitrogen and oxygen atoms in total. The average molecular weight is 156 g/mol. The number of rotatable bonds is 2. The molecule has 0 aliphatic heterocycles. The number of allylic oxidation sites excluding steroid dienone is 1. The Morgan fingerprint density at radius 2 is 2.27 bits per heavy atom. The van der Waals surface area contributed by atoms with Gasteiger partial charge in [0.1, 0.15) is 0 Å². The molecule has 0 aromatic rings. The number of hydrogen-bond donors (Lipinski definition) is 2. The SMILES string of the molecule is CC(C(=O)O)[C@H]1C=C[C@@H](O)C1. The second-order valence-corrected chi connectivity index (χ2v) is 2.98. The first-order valence-electron chi connectivity index (χ1n) is 3.70. The van der Waals surface area contributed by atoms with Crippen LogP contribution in [-0.4, -0.2) is 22.3 Å². The first-order chi connectivity index (χ1) is 5.11. The fourth-order valence-electron chi connectivity index (χ4n) is 1.26. The summed E-state index contributed by atoms with van der Waals surface area (Å²) < 4.78 is 0. The number of hydrogen-bond acceptors (Lipinski definition) is 2. The van der Waals surface area contributed by atoms with Gasteiger partial charge in [-0.1, -0.05) is 19.1 Å². The molecule has 0 saturated heterocycles. The van der Waals surface area contributed by atoms with Crippen molar-refractivity contribution in [2.45, 2.75) is 19.4 Å². The molecule has 2 N–H and O–H groups in total. The van der Waals surface area contributed by atoms with Gasteiger partial charge in [0.2, 0.25) is 0 Å². The van der Waals surface area contributed by atoms with Crippen LogP contribution in [0.3, 0.4) is 0 Å². The second-order valence-electron chi connectivity index (χ2n) is 2.98. The van der Waals surface area contributed by atoms with Crippen molar-refractivity contribution < 1.29 is 15.0 Å². The van der Waals surface area contributed by atoms with Crippen LogP contribution >= 0.6 is 0 Å². The van der Waals surface area contributed by atoms with Crippen LogP contribution in [0, 0.1) is 11.8 Å². The first kappa shape index (κ1) is 8.27. The summed E-state index contributed by atoms with van der Waals surface area (Å²) in [5.74, 6) is -1.18. The Morgan fingerprint density at radius 1 is 1.64 bits per heavy atom. The molecular weight excluding hydrogens is 144 g/mol. The van der Waals surface area contributed by atoms with Crippen LogP contribution in [0.25, 0.3) is 0 Å². The van der Waals surface area contributed by atoms with Crippen molar-refractivity contribution in [1.82, 2.24) is 0 Å². The van der Waals surface area contributed by atoms with Crippen LogP contribution in [0.4, 0.5) is 0 Å². The van der Waals surface area contributed by atoms with Gasteiger partial charge in [0.15, 0.2) is 0 Å². The zero-order valence-electron chi connectivity index (χ0n) is 6.40. The van der Waals surface area contributed by atoms with Gasteiger partial charge in [-0.25, -0.2) is 0 Å². The minimum Gasteiger partial charge on any atom is -0.481 e. The molecule has 1 aliphatic carbocycles. The average Bonchev–Trinajstić information content (AvgIpc) is 2.34. The van der Waals surface area contributed by atoms with Crippen LogP contribution in [-0.2, 0) is 4.79 Å². The number of carboxylic acids is 1. The quantitative estimate of drug-likeness (QED) is 0.577. The fraction of sp³-hybridized carbons (Fsp3) is 0.625. The van der Waals surface area contributed by atoms with Gasteiger partial charge in [0.05, 0.1) is 12.0 Å². The number of carbonyl (C=O) groups is 1. The van der Waals surface area contributed by atoms with Crippen molar-refractivity contribution in [3.63, 3.8) is 0 Å². The van der Waals surface area contributed by atoms with Crippen molar-refractivity contribution in [3.05, 3.63) is 12.2 Å². The maximum absolute atomic E-state index is 10.5. The van der Waals surface area contributed by atoms with Gasteiger partial charge in [-0.2, -0.15) is 0 Å². The standard InChI is InChI=1S/C8H12O3/c1-5(8(10)11)6-2-3-7(9)4-6/h2-3,5-7,9H,4H2,1H3,(H,10,11)/t5?,6-,7+/m0/s1. The summed E-state index contributed by atoms with van der Waals surface area (Å²) in [5.41, 5.74) is 0. The summed E-state index contributed by atoms with van der Waals surface area (Å²) in [7, 11) is 0. The second kappa shape index (κ2) is 3.05. The van der Waals surface area contributed by atoms with Gasteiger partial charge >= 0.3 is 5.97 Å². The smallest absolute Gasteiger partial charge is 0.306 e. The van der Waals surface area contributed by atoms with Crippen LogP contribution < -0.4 is 0 Å². The van der Waals surface area contributed by atoms with Gasteiger partial charge in [-0.05, 0) is 12.3 Å². The largest absolute Gasteiger partial charge is 0.481 e. The molecule has 0 aromatic carbocycles. The van der Waals surface area contributed by atoms with E-state index in [1.165, 1.54) is 0 Å². The molecule has 0 aromatic heterocycles. The zero-order valence-corrected chi connectivity index (χ0v) is 6.40. The molecule has 3 heteroatoms. The summed E-state index contributed by atoms with van der Waals surface area (Å²) in [6, 6.07) is 0. The third kappa shape index (κ3) is 1.80. The molecule has 0 radical (unpaired) electrons. The monoisotopic (exact) mass is 156 g/mol. The molecule has 1 rings (SSSR count). The third-order valence-corrected chi connectivity index (χ3v) is 2.13. The van der Waals surface area contributed by atoms with Crippen molar-refractivity contribution in [3.8, 4) is 0 Å². The minimum absolute atomic E-state index is 0.00231. The van der Waals surface area contributed by atoms with E-state index in [0.29, 0.717) is 6.42 Å². The summed E-state index contributed by atoms with van der Waals surface area (Å²) >= 11 is 0. The topological polar surface area (TPSA) is 57.5 Å². The Labute approximate surface area is 65.3 Å². The van der Waals surface area contributed by atoms with Crippen LogP contribution in [0.1, 0.15) is 13.3 Å². The maximum atomic E-state index is 10.5. The van der Waals surface area contributed by atoms with Gasteiger partial charge < -0.3 is 10.2 Å². The number of aliphatic hydroxyl groups is 1. The van der Waals surface area contributed by atoms with Crippen LogP contribution in [0.15, 0.2) is 12.2 Å². The molecule has 11 heavy (non-hydrogen) atoms. The third-order valence-electron chi connectivity index (χ3n) is 2.13. The fourth-order valence-corrected chi connectivity index (χ4v) is 1.26. The van der Waals surface area contributed by atoms with Crippen molar-refractivity contribution >= 4 is 5.97 Å². The number of aliphatic hydroxyl groups excluding tert-OH is 1. The highest BCUT2D eigenvalue weighted by molar-refractivity contribution is 5.70. The van der Waals surface area contributed by atoms with Gasteiger partial charge in [0.25, 0.3) is 0 Å². The van der Waals surface area contributed by atoms with E-state index in [0.717, 1.165) is 0 Å². The minimum atomic E-state index is -0.797. The molecule has 1 aliphatic rings. The van der Waals surface area contributed by atoms with E-state index >= 15 is 0 Å². The summed E-state index contributed by atoms with van der Waals surface area (Å²) in [4.78, 5) is 10.5. The molecule has 0 spiro atoms.